The van der Waals surface area contributed by atoms with Gasteiger partial charge in [0, 0.05) is 11.4 Å². The van der Waals surface area contributed by atoms with Crippen LogP contribution in [0, 0.1) is 6.92 Å². The van der Waals surface area contributed by atoms with E-state index in [0.717, 1.165) is 17.8 Å². The molecule has 0 unspecified atom stereocenters. The predicted octanol–water partition coefficient (Wildman–Crippen LogP) is 3.33. The van der Waals surface area contributed by atoms with Gasteiger partial charge in [0.15, 0.2) is 0 Å². The summed E-state index contributed by atoms with van der Waals surface area (Å²) < 4.78 is 0. The van der Waals surface area contributed by atoms with Crippen molar-refractivity contribution in [3.05, 3.63) is 42.1 Å². The molecule has 12 heavy (non-hydrogen) atoms. The van der Waals surface area contributed by atoms with Gasteiger partial charge in [0.25, 0.3) is 0 Å². The molecule has 0 heterocycles. The molecular formula is C11H15N. The molecule has 1 nitrogen and oxygen atoms in total. The summed E-state index contributed by atoms with van der Waals surface area (Å²) >= 11 is 0. The molecule has 64 valence electrons. The second kappa shape index (κ2) is 3.96. The molecule has 0 saturated carbocycles. The fraction of sp³-hybridized carbons (Fsp3) is 0.273. The molecule has 0 aliphatic heterocycles. The van der Waals surface area contributed by atoms with Crippen molar-refractivity contribution in [3.63, 3.8) is 0 Å². The maximum absolute atomic E-state index is 3.89. The van der Waals surface area contributed by atoms with Crippen molar-refractivity contribution in [2.45, 2.75) is 20.3 Å². The van der Waals surface area contributed by atoms with Crippen molar-refractivity contribution < 1.29 is 0 Å². The van der Waals surface area contributed by atoms with Gasteiger partial charge in [-0.3, -0.25) is 0 Å². The number of benzene rings is 1. The SMILES string of the molecule is C=C(CC)Nc1cccc(C)c1. The van der Waals surface area contributed by atoms with Gasteiger partial charge in [-0.05, 0) is 31.0 Å². The van der Waals surface area contributed by atoms with E-state index in [9.17, 15) is 0 Å². The number of nitrogens with one attached hydrogen (secondary N) is 1. The number of rotatable bonds is 3. The van der Waals surface area contributed by atoms with Crippen molar-refractivity contribution in [1.82, 2.24) is 0 Å². The summed E-state index contributed by atoms with van der Waals surface area (Å²) in [6, 6.07) is 8.29. The van der Waals surface area contributed by atoms with Crippen molar-refractivity contribution in [1.29, 1.82) is 0 Å². The number of allylic oxidation sites excluding steroid dienone is 1. The first-order chi connectivity index (χ1) is 5.72. The van der Waals surface area contributed by atoms with E-state index in [1.54, 1.807) is 0 Å². The zero-order valence-electron chi connectivity index (χ0n) is 7.72. The Morgan fingerprint density at radius 3 is 2.83 bits per heavy atom. The summed E-state index contributed by atoms with van der Waals surface area (Å²) in [6.07, 6.45) is 0.966. The largest absolute Gasteiger partial charge is 0.359 e. The molecule has 0 amide bonds. The van der Waals surface area contributed by atoms with Crippen LogP contribution >= 0.6 is 0 Å². The predicted molar refractivity (Wildman–Crippen MR) is 54.2 cm³/mol. The third-order valence-electron chi connectivity index (χ3n) is 1.77. The van der Waals surface area contributed by atoms with Crippen molar-refractivity contribution in [3.8, 4) is 0 Å². The zero-order chi connectivity index (χ0) is 8.97. The number of hydrogen-bond donors (Lipinski definition) is 1. The van der Waals surface area contributed by atoms with Gasteiger partial charge in [-0.15, -0.1) is 0 Å². The van der Waals surface area contributed by atoms with Gasteiger partial charge >= 0.3 is 0 Å². The van der Waals surface area contributed by atoms with Crippen molar-refractivity contribution >= 4 is 5.69 Å². The molecule has 0 aromatic heterocycles. The Morgan fingerprint density at radius 2 is 2.25 bits per heavy atom. The van der Waals surface area contributed by atoms with E-state index < -0.39 is 0 Å². The summed E-state index contributed by atoms with van der Waals surface area (Å²) in [5.74, 6) is 0. The molecule has 1 aromatic carbocycles. The van der Waals surface area contributed by atoms with Crippen LogP contribution in [0.4, 0.5) is 5.69 Å². The number of hydrogen-bond acceptors (Lipinski definition) is 1. The highest BCUT2D eigenvalue weighted by Crippen LogP contribution is 2.12. The molecule has 0 bridgehead atoms. The fourth-order valence-electron chi connectivity index (χ4n) is 1.02. The van der Waals surface area contributed by atoms with E-state index in [-0.39, 0.29) is 0 Å². The van der Waals surface area contributed by atoms with Crippen LogP contribution in [0.5, 0.6) is 0 Å². The maximum Gasteiger partial charge on any atom is 0.0384 e. The molecule has 1 aromatic rings. The van der Waals surface area contributed by atoms with E-state index in [1.807, 2.05) is 12.1 Å². The van der Waals surface area contributed by atoms with Crippen LogP contribution in [0.3, 0.4) is 0 Å². The molecule has 0 aliphatic rings. The minimum Gasteiger partial charge on any atom is -0.359 e. The second-order valence-electron chi connectivity index (χ2n) is 2.95. The fourth-order valence-corrected chi connectivity index (χ4v) is 1.02. The Bertz CT molecular complexity index is 276. The molecule has 0 fully saturated rings. The molecule has 0 saturated heterocycles. The lowest BCUT2D eigenvalue weighted by atomic mass is 10.2. The van der Waals surface area contributed by atoms with E-state index in [1.165, 1.54) is 5.56 Å². The van der Waals surface area contributed by atoms with Gasteiger partial charge in [0.05, 0.1) is 0 Å². The van der Waals surface area contributed by atoms with Gasteiger partial charge in [-0.2, -0.15) is 0 Å². The Hall–Kier alpha value is -1.24. The first-order valence-corrected chi connectivity index (χ1v) is 4.24. The van der Waals surface area contributed by atoms with Gasteiger partial charge in [0.1, 0.15) is 0 Å². The molecule has 0 atom stereocenters. The first kappa shape index (κ1) is 8.85. The van der Waals surface area contributed by atoms with E-state index in [2.05, 4.69) is 37.9 Å². The molecule has 1 rings (SSSR count). The Balaban J connectivity index is 2.69. The maximum atomic E-state index is 3.89. The summed E-state index contributed by atoms with van der Waals surface area (Å²) in [4.78, 5) is 0. The molecule has 0 radical (unpaired) electrons. The molecule has 1 N–H and O–H groups in total. The average Bonchev–Trinajstić information content (AvgIpc) is 2.04. The summed E-state index contributed by atoms with van der Waals surface area (Å²) in [5.41, 5.74) is 3.45. The second-order valence-corrected chi connectivity index (χ2v) is 2.95. The number of aryl methyl sites for hydroxylation is 1. The van der Waals surface area contributed by atoms with Gasteiger partial charge in [-0.25, -0.2) is 0 Å². The monoisotopic (exact) mass is 161 g/mol. The highest BCUT2D eigenvalue weighted by Gasteiger charge is 1.92. The molecule has 1 heteroatoms. The van der Waals surface area contributed by atoms with Gasteiger partial charge < -0.3 is 5.32 Å². The first-order valence-electron chi connectivity index (χ1n) is 4.24. The topological polar surface area (TPSA) is 12.0 Å². The highest BCUT2D eigenvalue weighted by molar-refractivity contribution is 5.49. The molecule has 0 aliphatic carbocycles. The van der Waals surface area contributed by atoms with Crippen LogP contribution in [0.25, 0.3) is 0 Å². The summed E-state index contributed by atoms with van der Waals surface area (Å²) in [6.45, 7) is 8.06. The van der Waals surface area contributed by atoms with Gasteiger partial charge in [-0.1, -0.05) is 25.6 Å². The van der Waals surface area contributed by atoms with Crippen LogP contribution < -0.4 is 5.32 Å². The Morgan fingerprint density at radius 1 is 1.50 bits per heavy atom. The highest BCUT2D eigenvalue weighted by atomic mass is 14.9. The smallest absolute Gasteiger partial charge is 0.0384 e. The molecule has 0 spiro atoms. The number of anilines is 1. The lowest BCUT2D eigenvalue weighted by molar-refractivity contribution is 1.11. The normalized spacial score (nSPS) is 9.50. The quantitative estimate of drug-likeness (QED) is 0.717. The minimum absolute atomic E-state index is 0.966. The lowest BCUT2D eigenvalue weighted by Gasteiger charge is -2.07. The standard InChI is InChI=1S/C11H15N/c1-4-10(3)12-11-7-5-6-9(2)8-11/h5-8,12H,3-4H2,1-2H3. The Labute approximate surface area is 74.1 Å². The third-order valence-corrected chi connectivity index (χ3v) is 1.77. The van der Waals surface area contributed by atoms with Gasteiger partial charge in [0.2, 0.25) is 0 Å². The van der Waals surface area contributed by atoms with Crippen LogP contribution in [0.1, 0.15) is 18.9 Å². The summed E-state index contributed by atoms with van der Waals surface area (Å²) in [7, 11) is 0. The third kappa shape index (κ3) is 2.42. The van der Waals surface area contributed by atoms with E-state index in [0.29, 0.717) is 0 Å². The summed E-state index contributed by atoms with van der Waals surface area (Å²) in [5, 5.41) is 3.24. The van der Waals surface area contributed by atoms with Crippen LogP contribution in [0.15, 0.2) is 36.5 Å². The van der Waals surface area contributed by atoms with Crippen LogP contribution in [-0.2, 0) is 0 Å². The Kier molecular flexibility index (Phi) is 2.92. The van der Waals surface area contributed by atoms with E-state index in [4.69, 9.17) is 0 Å². The average molecular weight is 161 g/mol. The molecular weight excluding hydrogens is 146 g/mol. The lowest BCUT2D eigenvalue weighted by Crippen LogP contribution is -1.95. The van der Waals surface area contributed by atoms with Crippen LogP contribution in [-0.4, -0.2) is 0 Å². The van der Waals surface area contributed by atoms with E-state index >= 15 is 0 Å². The van der Waals surface area contributed by atoms with Crippen molar-refractivity contribution in [2.24, 2.45) is 0 Å². The van der Waals surface area contributed by atoms with Crippen LogP contribution in [0.2, 0.25) is 0 Å². The zero-order valence-corrected chi connectivity index (χ0v) is 7.72. The minimum atomic E-state index is 0.966. The van der Waals surface area contributed by atoms with Crippen molar-refractivity contribution in [2.75, 3.05) is 5.32 Å².